The second kappa shape index (κ2) is 9.77. The molecule has 2 rings (SSSR count). The highest BCUT2D eigenvalue weighted by Crippen LogP contribution is 2.34. The highest BCUT2D eigenvalue weighted by Gasteiger charge is 2.08. The van der Waals surface area contributed by atoms with Gasteiger partial charge in [0.1, 0.15) is 0 Å². The zero-order chi connectivity index (χ0) is 13.0. The lowest BCUT2D eigenvalue weighted by Gasteiger charge is -1.96. The number of imidazole rings is 2. The molecular weight excluding hydrogens is 243 g/mol. The topological polar surface area (TPSA) is 115 Å². The van der Waals surface area contributed by atoms with Crippen molar-refractivity contribution < 1.29 is 14.4 Å². The Hall–Kier alpha value is -1.43. The van der Waals surface area contributed by atoms with Gasteiger partial charge in [-0.1, -0.05) is 6.92 Å². The van der Waals surface area contributed by atoms with Crippen molar-refractivity contribution in [1.82, 2.24) is 19.9 Å². The zero-order valence-corrected chi connectivity index (χ0v) is 10.4. The lowest BCUT2D eigenvalue weighted by atomic mass is 10.6. The fourth-order valence-electron chi connectivity index (χ4n) is 0.722. The Morgan fingerprint density at radius 3 is 1.65 bits per heavy atom. The van der Waals surface area contributed by atoms with E-state index in [1.807, 2.05) is 0 Å². The van der Waals surface area contributed by atoms with Crippen molar-refractivity contribution in [3.8, 4) is 0 Å². The number of rotatable bonds is 2. The van der Waals surface area contributed by atoms with E-state index in [1.54, 1.807) is 44.4 Å². The quantitative estimate of drug-likeness (QED) is 0.609. The summed E-state index contributed by atoms with van der Waals surface area (Å²) in [6.07, 6.45) is 10.7. The van der Waals surface area contributed by atoms with Crippen LogP contribution in [-0.4, -0.2) is 35.9 Å². The normalized spacial score (nSPS) is 9.59. The summed E-state index contributed by atoms with van der Waals surface area (Å²) in [4.78, 5) is 29.1. The summed E-state index contributed by atoms with van der Waals surface area (Å²) in [6.45, 7) is 1.74. The van der Waals surface area contributed by atoms with Crippen LogP contribution in [0.5, 0.6) is 0 Å². The van der Waals surface area contributed by atoms with Gasteiger partial charge in [0.2, 0.25) is 0 Å². The summed E-state index contributed by atoms with van der Waals surface area (Å²) in [7, 11) is -3.67. The smallest absolute Gasteiger partial charge is 0.325 e. The molecule has 0 atom stereocenters. The molecule has 0 aliphatic carbocycles. The van der Waals surface area contributed by atoms with E-state index >= 15 is 0 Å². The predicted octanol–water partition coefficient (Wildman–Crippen LogP) is 1.39. The molecule has 96 valence electrons. The average molecular weight is 260 g/mol. The Balaban J connectivity index is 0.000000229. The van der Waals surface area contributed by atoms with E-state index in [9.17, 15) is 4.57 Å². The van der Waals surface area contributed by atoms with Crippen molar-refractivity contribution in [1.29, 1.82) is 0 Å². The van der Waals surface area contributed by atoms with Crippen LogP contribution in [0.4, 0.5) is 0 Å². The lowest BCUT2D eigenvalue weighted by Crippen LogP contribution is -1.82. The molecule has 0 spiro atoms. The Labute approximate surface area is 99.5 Å². The Kier molecular flexibility index (Phi) is 8.95. The van der Waals surface area contributed by atoms with Crippen LogP contribution in [0.3, 0.4) is 0 Å². The summed E-state index contributed by atoms with van der Waals surface area (Å²) in [5, 5.41) is 0. The standard InChI is InChI=1S/2C3H4N2.C3H9O3P/c2*1-2-5-3-4-1;1-2-3-7(4,5)6/h2*1-3H,(H,4,5);2-3H2,1H3,(H2,4,5,6). The van der Waals surface area contributed by atoms with Crippen molar-refractivity contribution in [3.05, 3.63) is 37.4 Å². The molecule has 0 aliphatic rings. The van der Waals surface area contributed by atoms with Gasteiger partial charge in [0.25, 0.3) is 0 Å². The van der Waals surface area contributed by atoms with Crippen LogP contribution in [0.15, 0.2) is 37.4 Å². The second-order valence-electron chi connectivity index (χ2n) is 2.91. The molecule has 2 heterocycles. The highest BCUT2D eigenvalue weighted by molar-refractivity contribution is 7.51. The summed E-state index contributed by atoms with van der Waals surface area (Å²) < 4.78 is 9.93. The largest absolute Gasteiger partial charge is 0.351 e. The van der Waals surface area contributed by atoms with Crippen molar-refractivity contribution in [2.45, 2.75) is 13.3 Å². The number of aromatic nitrogens is 4. The van der Waals surface area contributed by atoms with Crippen molar-refractivity contribution in [3.63, 3.8) is 0 Å². The third-order valence-electron chi connectivity index (χ3n) is 1.33. The first kappa shape index (κ1) is 15.6. The maximum absolute atomic E-state index is 9.93. The van der Waals surface area contributed by atoms with Crippen molar-refractivity contribution in [2.75, 3.05) is 6.16 Å². The van der Waals surface area contributed by atoms with Crippen LogP contribution in [0.1, 0.15) is 13.3 Å². The molecule has 0 saturated heterocycles. The molecule has 2 aromatic heterocycles. The fourth-order valence-corrected chi connectivity index (χ4v) is 1.30. The molecule has 0 bridgehead atoms. The number of nitrogens with zero attached hydrogens (tertiary/aromatic N) is 2. The van der Waals surface area contributed by atoms with E-state index in [4.69, 9.17) is 9.79 Å². The predicted molar refractivity (Wildman–Crippen MR) is 64.4 cm³/mol. The first-order valence-electron chi connectivity index (χ1n) is 4.96. The van der Waals surface area contributed by atoms with Gasteiger partial charge in [0.15, 0.2) is 0 Å². The first-order chi connectivity index (χ1) is 8.06. The van der Waals surface area contributed by atoms with Gasteiger partial charge in [-0.2, -0.15) is 0 Å². The van der Waals surface area contributed by atoms with E-state index in [2.05, 4.69) is 19.9 Å². The minimum atomic E-state index is -3.67. The monoisotopic (exact) mass is 260 g/mol. The molecule has 0 saturated carbocycles. The van der Waals surface area contributed by atoms with E-state index in [-0.39, 0.29) is 6.16 Å². The molecule has 0 fully saturated rings. The minimum Gasteiger partial charge on any atom is -0.351 e. The van der Waals surface area contributed by atoms with Crippen molar-refractivity contribution in [2.24, 2.45) is 0 Å². The number of hydrogen-bond donors (Lipinski definition) is 4. The third kappa shape index (κ3) is 14.6. The molecule has 0 radical (unpaired) electrons. The summed E-state index contributed by atoms with van der Waals surface area (Å²) in [6, 6.07) is 0. The van der Waals surface area contributed by atoms with Gasteiger partial charge in [-0.15, -0.1) is 0 Å². The molecule has 7 nitrogen and oxygen atoms in total. The molecule has 0 aliphatic heterocycles. The van der Waals surface area contributed by atoms with Gasteiger partial charge >= 0.3 is 7.60 Å². The summed E-state index contributed by atoms with van der Waals surface area (Å²) in [5.41, 5.74) is 0. The summed E-state index contributed by atoms with van der Waals surface area (Å²) in [5.74, 6) is 0. The third-order valence-corrected chi connectivity index (χ3v) is 2.36. The Bertz CT molecular complexity index is 310. The highest BCUT2D eigenvalue weighted by atomic mass is 31.2. The van der Waals surface area contributed by atoms with Crippen LogP contribution in [0, 0.1) is 0 Å². The van der Waals surface area contributed by atoms with Crippen LogP contribution < -0.4 is 0 Å². The van der Waals surface area contributed by atoms with Gasteiger partial charge in [-0.25, -0.2) is 9.97 Å². The molecule has 0 unspecified atom stereocenters. The van der Waals surface area contributed by atoms with Gasteiger partial charge in [0, 0.05) is 30.9 Å². The lowest BCUT2D eigenvalue weighted by molar-refractivity contribution is 0.372. The molecule has 8 heteroatoms. The maximum Gasteiger partial charge on any atom is 0.325 e. The van der Waals surface area contributed by atoms with E-state index in [0.717, 1.165) is 0 Å². The van der Waals surface area contributed by atoms with E-state index in [0.29, 0.717) is 6.42 Å². The van der Waals surface area contributed by atoms with Crippen molar-refractivity contribution >= 4 is 7.60 Å². The van der Waals surface area contributed by atoms with Crippen LogP contribution in [0.2, 0.25) is 0 Å². The molecule has 0 amide bonds. The Morgan fingerprint density at radius 1 is 1.12 bits per heavy atom. The van der Waals surface area contributed by atoms with Crippen LogP contribution in [0.25, 0.3) is 0 Å². The second-order valence-corrected chi connectivity index (χ2v) is 4.69. The molecule has 2 aromatic rings. The first-order valence-corrected chi connectivity index (χ1v) is 6.76. The SMILES string of the molecule is CCCP(=O)(O)O.c1c[nH]cn1.c1c[nH]cn1. The zero-order valence-electron chi connectivity index (χ0n) is 9.52. The van der Waals surface area contributed by atoms with E-state index < -0.39 is 7.60 Å². The molecule has 17 heavy (non-hydrogen) atoms. The molecule has 4 N–H and O–H groups in total. The van der Waals surface area contributed by atoms with Crippen LogP contribution >= 0.6 is 7.60 Å². The Morgan fingerprint density at radius 2 is 1.59 bits per heavy atom. The van der Waals surface area contributed by atoms with Gasteiger partial charge in [-0.3, -0.25) is 4.57 Å². The number of H-pyrrole nitrogens is 2. The van der Waals surface area contributed by atoms with Crippen LogP contribution in [-0.2, 0) is 4.57 Å². The minimum absolute atomic E-state index is 0.00694. The summed E-state index contributed by atoms with van der Waals surface area (Å²) >= 11 is 0. The average Bonchev–Trinajstić information content (AvgIpc) is 2.96. The number of hydrogen-bond acceptors (Lipinski definition) is 3. The maximum atomic E-state index is 9.93. The van der Waals surface area contributed by atoms with Gasteiger partial charge in [0.05, 0.1) is 12.7 Å². The fraction of sp³-hybridized carbons (Fsp3) is 0.333. The number of nitrogens with one attached hydrogen (secondary N) is 2. The van der Waals surface area contributed by atoms with Gasteiger partial charge in [-0.05, 0) is 6.42 Å². The van der Waals surface area contributed by atoms with E-state index in [1.165, 1.54) is 0 Å². The molecular formula is C9H17N4O3P. The molecule has 0 aromatic carbocycles. The van der Waals surface area contributed by atoms with Gasteiger partial charge < -0.3 is 19.8 Å². The number of aromatic amines is 2.